The van der Waals surface area contributed by atoms with Crippen LogP contribution in [0.1, 0.15) is 26.7 Å². The van der Waals surface area contributed by atoms with Gasteiger partial charge in [-0.05, 0) is 26.7 Å². The summed E-state index contributed by atoms with van der Waals surface area (Å²) in [5.74, 6) is 0. The summed E-state index contributed by atoms with van der Waals surface area (Å²) in [5.41, 5.74) is 0. The Labute approximate surface area is 73.4 Å². The highest BCUT2D eigenvalue weighted by Gasteiger charge is 1.97. The summed E-state index contributed by atoms with van der Waals surface area (Å²) in [6, 6.07) is 0. The van der Waals surface area contributed by atoms with Crippen LogP contribution in [0.4, 0.5) is 0 Å². The first-order chi connectivity index (χ1) is 5.16. The molecule has 1 nitrogen and oxygen atoms in total. The SMILES string of the molecule is C/C=C\CC(O)C/C=C(\C)Cl. The molecular formula is C9H15ClO. The van der Waals surface area contributed by atoms with Gasteiger partial charge in [0.05, 0.1) is 6.10 Å². The van der Waals surface area contributed by atoms with E-state index in [2.05, 4.69) is 0 Å². The normalized spacial score (nSPS) is 15.8. The fourth-order valence-corrected chi connectivity index (χ4v) is 0.777. The van der Waals surface area contributed by atoms with Gasteiger partial charge in [0.1, 0.15) is 0 Å². The van der Waals surface area contributed by atoms with Gasteiger partial charge in [0.25, 0.3) is 0 Å². The van der Waals surface area contributed by atoms with Gasteiger partial charge >= 0.3 is 0 Å². The molecule has 0 fully saturated rings. The average Bonchev–Trinajstić information content (AvgIpc) is 1.97. The molecular weight excluding hydrogens is 160 g/mol. The summed E-state index contributed by atoms with van der Waals surface area (Å²) >= 11 is 5.59. The molecule has 1 atom stereocenters. The topological polar surface area (TPSA) is 20.2 Å². The third-order valence-corrected chi connectivity index (χ3v) is 1.47. The van der Waals surface area contributed by atoms with Gasteiger partial charge in [-0.1, -0.05) is 29.8 Å². The summed E-state index contributed by atoms with van der Waals surface area (Å²) in [4.78, 5) is 0. The second-order valence-electron chi connectivity index (χ2n) is 2.49. The zero-order valence-electron chi connectivity index (χ0n) is 7.05. The minimum Gasteiger partial charge on any atom is -0.392 e. The van der Waals surface area contributed by atoms with Crippen molar-refractivity contribution in [3.8, 4) is 0 Å². The van der Waals surface area contributed by atoms with Gasteiger partial charge in [0, 0.05) is 5.03 Å². The lowest BCUT2D eigenvalue weighted by Gasteiger charge is -2.02. The van der Waals surface area contributed by atoms with Gasteiger partial charge in [0.2, 0.25) is 0 Å². The van der Waals surface area contributed by atoms with Crippen molar-refractivity contribution in [3.63, 3.8) is 0 Å². The molecule has 0 spiro atoms. The molecule has 1 N–H and O–H groups in total. The Morgan fingerprint density at radius 3 is 2.64 bits per heavy atom. The van der Waals surface area contributed by atoms with Crippen LogP contribution < -0.4 is 0 Å². The minimum atomic E-state index is -0.292. The number of aliphatic hydroxyl groups is 1. The van der Waals surface area contributed by atoms with Crippen molar-refractivity contribution < 1.29 is 5.11 Å². The van der Waals surface area contributed by atoms with E-state index in [9.17, 15) is 5.11 Å². The van der Waals surface area contributed by atoms with Gasteiger partial charge in [-0.15, -0.1) is 0 Å². The Morgan fingerprint density at radius 2 is 2.18 bits per heavy atom. The molecule has 0 aliphatic carbocycles. The number of allylic oxidation sites excluding steroid dienone is 2. The van der Waals surface area contributed by atoms with Crippen LogP contribution in [0.3, 0.4) is 0 Å². The van der Waals surface area contributed by atoms with Crippen LogP contribution in [0.25, 0.3) is 0 Å². The summed E-state index contributed by atoms with van der Waals surface area (Å²) in [5, 5.41) is 10.0. The lowest BCUT2D eigenvalue weighted by molar-refractivity contribution is 0.181. The van der Waals surface area contributed by atoms with Gasteiger partial charge < -0.3 is 5.11 Å². The highest BCUT2D eigenvalue weighted by atomic mass is 35.5. The van der Waals surface area contributed by atoms with Gasteiger partial charge in [-0.2, -0.15) is 0 Å². The molecule has 0 aromatic carbocycles. The van der Waals surface area contributed by atoms with E-state index in [1.165, 1.54) is 0 Å². The Hall–Kier alpha value is -0.270. The van der Waals surface area contributed by atoms with Crippen molar-refractivity contribution in [1.82, 2.24) is 0 Å². The molecule has 0 bridgehead atoms. The molecule has 2 heteroatoms. The average molecular weight is 175 g/mol. The molecule has 0 aromatic heterocycles. The number of halogens is 1. The van der Waals surface area contributed by atoms with Crippen LogP contribution in [0.5, 0.6) is 0 Å². The first-order valence-corrected chi connectivity index (χ1v) is 4.16. The van der Waals surface area contributed by atoms with E-state index in [0.717, 1.165) is 5.03 Å². The lowest BCUT2D eigenvalue weighted by Crippen LogP contribution is -2.02. The molecule has 0 saturated carbocycles. The van der Waals surface area contributed by atoms with E-state index in [-0.39, 0.29) is 6.10 Å². The van der Waals surface area contributed by atoms with Crippen molar-refractivity contribution in [3.05, 3.63) is 23.3 Å². The van der Waals surface area contributed by atoms with Crippen molar-refractivity contribution in [2.45, 2.75) is 32.8 Å². The molecule has 0 rings (SSSR count). The molecule has 0 aliphatic rings. The molecule has 64 valence electrons. The Morgan fingerprint density at radius 1 is 1.55 bits per heavy atom. The maximum atomic E-state index is 9.27. The van der Waals surface area contributed by atoms with E-state index < -0.39 is 0 Å². The number of aliphatic hydroxyl groups excluding tert-OH is 1. The molecule has 0 aromatic rings. The van der Waals surface area contributed by atoms with Crippen LogP contribution in [-0.4, -0.2) is 11.2 Å². The highest BCUT2D eigenvalue weighted by Crippen LogP contribution is 2.05. The Balaban J connectivity index is 3.52. The number of rotatable bonds is 4. The highest BCUT2D eigenvalue weighted by molar-refractivity contribution is 6.29. The maximum absolute atomic E-state index is 9.27. The van der Waals surface area contributed by atoms with Gasteiger partial charge in [-0.25, -0.2) is 0 Å². The van der Waals surface area contributed by atoms with Gasteiger partial charge in [-0.3, -0.25) is 0 Å². The summed E-state index contributed by atoms with van der Waals surface area (Å²) in [6.07, 6.45) is 6.76. The van der Waals surface area contributed by atoms with E-state index in [0.29, 0.717) is 12.8 Å². The molecule has 0 aliphatic heterocycles. The standard InChI is InChI=1S/C9H15ClO/c1-3-4-5-9(11)7-6-8(2)10/h3-4,6,9,11H,5,7H2,1-2H3/b4-3-,8-6+. The van der Waals surface area contributed by atoms with E-state index >= 15 is 0 Å². The van der Waals surface area contributed by atoms with E-state index in [1.54, 1.807) is 0 Å². The largest absolute Gasteiger partial charge is 0.392 e. The first-order valence-electron chi connectivity index (χ1n) is 3.78. The van der Waals surface area contributed by atoms with E-state index in [1.807, 2.05) is 32.1 Å². The van der Waals surface area contributed by atoms with Gasteiger partial charge in [0.15, 0.2) is 0 Å². The van der Waals surface area contributed by atoms with Crippen molar-refractivity contribution in [2.24, 2.45) is 0 Å². The second kappa shape index (κ2) is 6.44. The number of hydrogen-bond acceptors (Lipinski definition) is 1. The molecule has 0 heterocycles. The molecule has 0 saturated heterocycles. The van der Waals surface area contributed by atoms with Crippen molar-refractivity contribution >= 4 is 11.6 Å². The van der Waals surface area contributed by atoms with E-state index in [4.69, 9.17) is 11.6 Å². The van der Waals surface area contributed by atoms with Crippen molar-refractivity contribution in [2.75, 3.05) is 0 Å². The zero-order chi connectivity index (χ0) is 8.69. The predicted octanol–water partition coefficient (Wildman–Crippen LogP) is 2.85. The quantitative estimate of drug-likeness (QED) is 0.650. The minimum absolute atomic E-state index is 0.292. The third kappa shape index (κ3) is 7.63. The second-order valence-corrected chi connectivity index (χ2v) is 3.08. The fraction of sp³-hybridized carbons (Fsp3) is 0.556. The summed E-state index contributed by atoms with van der Waals surface area (Å²) in [7, 11) is 0. The Bertz CT molecular complexity index is 146. The fourth-order valence-electron chi connectivity index (χ4n) is 0.688. The predicted molar refractivity (Wildman–Crippen MR) is 49.7 cm³/mol. The van der Waals surface area contributed by atoms with Crippen LogP contribution in [-0.2, 0) is 0 Å². The van der Waals surface area contributed by atoms with Crippen LogP contribution in [0, 0.1) is 0 Å². The third-order valence-electron chi connectivity index (χ3n) is 1.32. The smallest absolute Gasteiger partial charge is 0.0609 e. The molecule has 11 heavy (non-hydrogen) atoms. The lowest BCUT2D eigenvalue weighted by atomic mass is 10.2. The molecule has 0 radical (unpaired) electrons. The number of hydrogen-bond donors (Lipinski definition) is 1. The summed E-state index contributed by atoms with van der Waals surface area (Å²) < 4.78 is 0. The Kier molecular flexibility index (Phi) is 6.28. The first kappa shape index (κ1) is 10.7. The van der Waals surface area contributed by atoms with Crippen molar-refractivity contribution in [1.29, 1.82) is 0 Å². The van der Waals surface area contributed by atoms with Crippen LogP contribution in [0.15, 0.2) is 23.3 Å². The van der Waals surface area contributed by atoms with Crippen LogP contribution in [0.2, 0.25) is 0 Å². The zero-order valence-corrected chi connectivity index (χ0v) is 7.80. The summed E-state index contributed by atoms with van der Waals surface area (Å²) in [6.45, 7) is 3.75. The van der Waals surface area contributed by atoms with Crippen LogP contribution >= 0.6 is 11.6 Å². The monoisotopic (exact) mass is 174 g/mol. The molecule has 1 unspecified atom stereocenters. The maximum Gasteiger partial charge on any atom is 0.0609 e. The molecule has 0 amide bonds.